The fourth-order valence-corrected chi connectivity index (χ4v) is 2.56. The average Bonchev–Trinajstić information content (AvgIpc) is 3.13. The largest absolute Gasteiger partial charge is 0.465 e. The number of carbonyl (C=O) groups excluding carboxylic acids is 2. The molecule has 1 heterocycles. The van der Waals surface area contributed by atoms with E-state index in [4.69, 9.17) is 9.47 Å². The van der Waals surface area contributed by atoms with Gasteiger partial charge in [0.2, 0.25) is 6.79 Å². The predicted octanol–water partition coefficient (Wildman–Crippen LogP) is 1.84. The number of amides is 1. The van der Waals surface area contributed by atoms with Gasteiger partial charge in [0.1, 0.15) is 5.60 Å². The highest BCUT2D eigenvalue weighted by atomic mass is 16.7. The Morgan fingerprint density at radius 3 is 2.46 bits per heavy atom. The lowest BCUT2D eigenvalue weighted by Crippen LogP contribution is -2.38. The third-order valence-electron chi connectivity index (χ3n) is 4.16. The molecule has 0 unspecified atom stereocenters. The first-order valence-corrected chi connectivity index (χ1v) is 8.00. The van der Waals surface area contributed by atoms with Crippen LogP contribution in [0, 0.1) is 0 Å². The summed E-state index contributed by atoms with van der Waals surface area (Å²) in [5.74, 6) is 0.358. The Hall–Kier alpha value is -3.06. The molecule has 1 aliphatic rings. The number of rotatable bonds is 5. The zero-order valence-electron chi connectivity index (χ0n) is 14.4. The number of ether oxygens (including phenoxy) is 3. The molecule has 1 aliphatic heterocycles. The van der Waals surface area contributed by atoms with Crippen LogP contribution in [0.25, 0.3) is 0 Å². The summed E-state index contributed by atoms with van der Waals surface area (Å²) < 4.78 is 15.2. The molecule has 0 saturated carbocycles. The lowest BCUT2D eigenvalue weighted by molar-refractivity contribution is 0.0525. The molecule has 0 radical (unpaired) electrons. The first kappa shape index (κ1) is 17.8. The molecule has 2 aromatic carbocycles. The quantitative estimate of drug-likeness (QED) is 0.793. The molecule has 7 heteroatoms. The van der Waals surface area contributed by atoms with Gasteiger partial charge in [-0.25, -0.2) is 4.79 Å². The van der Waals surface area contributed by atoms with Gasteiger partial charge in [-0.1, -0.05) is 6.07 Å². The van der Waals surface area contributed by atoms with Gasteiger partial charge in [-0.15, -0.1) is 0 Å². The van der Waals surface area contributed by atoms with Crippen molar-refractivity contribution < 1.29 is 28.9 Å². The number of nitrogens with one attached hydrogen (secondary N) is 1. The molecule has 2 aromatic rings. The maximum atomic E-state index is 12.3. The number of carbonyl (C=O) groups is 2. The molecule has 0 spiro atoms. The van der Waals surface area contributed by atoms with Gasteiger partial charge in [-0.05, 0) is 48.9 Å². The van der Waals surface area contributed by atoms with Crippen LogP contribution >= 0.6 is 0 Å². The van der Waals surface area contributed by atoms with Crippen molar-refractivity contribution in [2.24, 2.45) is 0 Å². The van der Waals surface area contributed by atoms with Gasteiger partial charge in [0, 0.05) is 5.56 Å². The van der Waals surface area contributed by atoms with Crippen LogP contribution in [0.5, 0.6) is 11.5 Å². The standard InChI is InChI=1S/C19H19NO6/c1-19(23,14-7-8-15-16(9-14)26-11-25-15)10-20-17(21)12-3-5-13(6-4-12)18(22)24-2/h3-9,23H,10-11H2,1-2H3,(H,20,21)/t19-/m1/s1. The lowest BCUT2D eigenvalue weighted by atomic mass is 9.95. The smallest absolute Gasteiger partial charge is 0.337 e. The van der Waals surface area contributed by atoms with Crippen molar-refractivity contribution in [2.75, 3.05) is 20.4 Å². The zero-order chi connectivity index (χ0) is 18.7. The second kappa shape index (κ2) is 7.05. The molecule has 0 aliphatic carbocycles. The van der Waals surface area contributed by atoms with Crippen LogP contribution in [-0.4, -0.2) is 37.4 Å². The minimum Gasteiger partial charge on any atom is -0.465 e. The highest BCUT2D eigenvalue weighted by molar-refractivity contribution is 5.96. The Morgan fingerprint density at radius 1 is 1.12 bits per heavy atom. The van der Waals surface area contributed by atoms with Crippen molar-refractivity contribution in [1.82, 2.24) is 5.32 Å². The van der Waals surface area contributed by atoms with Crippen molar-refractivity contribution in [1.29, 1.82) is 0 Å². The van der Waals surface area contributed by atoms with E-state index in [0.29, 0.717) is 28.2 Å². The van der Waals surface area contributed by atoms with Gasteiger partial charge in [0.05, 0.1) is 19.2 Å². The number of benzene rings is 2. The van der Waals surface area contributed by atoms with Crippen LogP contribution in [0.1, 0.15) is 33.2 Å². The van der Waals surface area contributed by atoms with Crippen molar-refractivity contribution in [3.05, 3.63) is 59.2 Å². The van der Waals surface area contributed by atoms with Crippen molar-refractivity contribution in [2.45, 2.75) is 12.5 Å². The Morgan fingerprint density at radius 2 is 1.77 bits per heavy atom. The van der Waals surface area contributed by atoms with E-state index >= 15 is 0 Å². The third-order valence-corrected chi connectivity index (χ3v) is 4.16. The second-order valence-electron chi connectivity index (χ2n) is 6.09. The summed E-state index contributed by atoms with van der Waals surface area (Å²) >= 11 is 0. The van der Waals surface area contributed by atoms with Gasteiger partial charge < -0.3 is 24.6 Å². The van der Waals surface area contributed by atoms with Crippen LogP contribution in [0.3, 0.4) is 0 Å². The van der Waals surface area contributed by atoms with Crippen molar-refractivity contribution >= 4 is 11.9 Å². The predicted molar refractivity (Wildman–Crippen MR) is 92.3 cm³/mol. The van der Waals surface area contributed by atoms with E-state index in [1.807, 2.05) is 0 Å². The van der Waals surface area contributed by atoms with Crippen LogP contribution in [-0.2, 0) is 10.3 Å². The molecule has 136 valence electrons. The highest BCUT2D eigenvalue weighted by Crippen LogP contribution is 2.35. The lowest BCUT2D eigenvalue weighted by Gasteiger charge is -2.24. The highest BCUT2D eigenvalue weighted by Gasteiger charge is 2.26. The van der Waals surface area contributed by atoms with Gasteiger partial charge in [-0.2, -0.15) is 0 Å². The summed E-state index contributed by atoms with van der Waals surface area (Å²) in [4.78, 5) is 23.7. The topological polar surface area (TPSA) is 94.1 Å². The summed E-state index contributed by atoms with van der Waals surface area (Å²) in [6.45, 7) is 1.76. The van der Waals surface area contributed by atoms with Gasteiger partial charge in [0.15, 0.2) is 11.5 Å². The van der Waals surface area contributed by atoms with E-state index in [2.05, 4.69) is 10.1 Å². The average molecular weight is 357 g/mol. The SMILES string of the molecule is COC(=O)c1ccc(C(=O)NC[C@@](C)(O)c2ccc3c(c2)OCO3)cc1. The van der Waals surface area contributed by atoms with Crippen molar-refractivity contribution in [3.63, 3.8) is 0 Å². The van der Waals surface area contributed by atoms with Crippen LogP contribution in [0.2, 0.25) is 0 Å². The molecule has 0 aromatic heterocycles. The molecule has 2 N–H and O–H groups in total. The Balaban J connectivity index is 1.65. The van der Waals surface area contributed by atoms with E-state index < -0.39 is 11.6 Å². The van der Waals surface area contributed by atoms with E-state index in [-0.39, 0.29) is 19.2 Å². The van der Waals surface area contributed by atoms with Gasteiger partial charge in [-0.3, -0.25) is 4.79 Å². The Bertz CT molecular complexity index is 828. The fraction of sp³-hybridized carbons (Fsp3) is 0.263. The van der Waals surface area contributed by atoms with Crippen LogP contribution in [0.15, 0.2) is 42.5 Å². The number of hydrogen-bond donors (Lipinski definition) is 2. The van der Waals surface area contributed by atoms with Crippen LogP contribution in [0.4, 0.5) is 0 Å². The molecule has 3 rings (SSSR count). The summed E-state index contributed by atoms with van der Waals surface area (Å²) in [5, 5.41) is 13.4. The minimum atomic E-state index is -1.29. The fourth-order valence-electron chi connectivity index (χ4n) is 2.56. The van der Waals surface area contributed by atoms with E-state index in [1.54, 1.807) is 25.1 Å². The number of hydrogen-bond acceptors (Lipinski definition) is 6. The molecule has 1 amide bonds. The third kappa shape index (κ3) is 3.62. The van der Waals surface area contributed by atoms with E-state index in [0.717, 1.165) is 0 Å². The molecule has 0 saturated heterocycles. The van der Waals surface area contributed by atoms with Gasteiger partial charge in [0.25, 0.3) is 5.91 Å². The summed E-state index contributed by atoms with van der Waals surface area (Å²) in [6, 6.07) is 11.2. The first-order chi connectivity index (χ1) is 12.4. The number of aliphatic hydroxyl groups is 1. The summed E-state index contributed by atoms with van der Waals surface area (Å²) in [5.41, 5.74) is 0.0430. The monoisotopic (exact) mass is 357 g/mol. The number of esters is 1. The summed E-state index contributed by atoms with van der Waals surface area (Å²) in [7, 11) is 1.29. The molecule has 0 fully saturated rings. The van der Waals surface area contributed by atoms with Crippen LogP contribution < -0.4 is 14.8 Å². The zero-order valence-corrected chi connectivity index (χ0v) is 14.4. The second-order valence-corrected chi connectivity index (χ2v) is 6.09. The Kier molecular flexibility index (Phi) is 4.81. The molecular weight excluding hydrogens is 338 g/mol. The molecule has 26 heavy (non-hydrogen) atoms. The number of fused-ring (bicyclic) bond motifs is 1. The van der Waals surface area contributed by atoms with Crippen molar-refractivity contribution in [3.8, 4) is 11.5 Å². The van der Waals surface area contributed by atoms with Gasteiger partial charge >= 0.3 is 5.97 Å². The maximum absolute atomic E-state index is 12.3. The maximum Gasteiger partial charge on any atom is 0.337 e. The molecule has 7 nitrogen and oxygen atoms in total. The molecule has 0 bridgehead atoms. The minimum absolute atomic E-state index is 0.00420. The Labute approximate surface area is 150 Å². The van der Waals surface area contributed by atoms with E-state index in [1.165, 1.54) is 31.4 Å². The normalized spacial score (nSPS) is 14.4. The molecular formula is C19H19NO6. The summed E-state index contributed by atoms with van der Waals surface area (Å²) in [6.07, 6.45) is 0. The molecule has 1 atom stereocenters. The first-order valence-electron chi connectivity index (χ1n) is 8.00. The number of methoxy groups -OCH3 is 1. The van der Waals surface area contributed by atoms with E-state index in [9.17, 15) is 14.7 Å².